The first-order chi connectivity index (χ1) is 10.4. The van der Waals surface area contributed by atoms with E-state index in [1.807, 2.05) is 0 Å². The summed E-state index contributed by atoms with van der Waals surface area (Å²) in [5.41, 5.74) is 5.48. The Kier molecular flexibility index (Phi) is 5.05. The molecule has 0 spiro atoms. The summed E-state index contributed by atoms with van der Waals surface area (Å²) in [5, 5.41) is -1.22. The zero-order valence-electron chi connectivity index (χ0n) is 11.8. The van der Waals surface area contributed by atoms with Crippen LogP contribution in [0.25, 0.3) is 0 Å². The van der Waals surface area contributed by atoms with E-state index in [0.29, 0.717) is 5.75 Å². The number of hydrogen-bond donors (Lipinski definition) is 1. The standard InChI is InChI=1S/C15H15ClFNO3S/c1-21-10-5-7-11(8-6-10)22(19,20)14(9-18)15-12(16)3-2-4-13(15)17/h2-8,14H,9,18H2,1H3/t14-/m1/s1. The molecule has 0 fully saturated rings. The molecule has 0 saturated carbocycles. The second-order valence-electron chi connectivity index (χ2n) is 4.58. The molecule has 2 aromatic carbocycles. The van der Waals surface area contributed by atoms with Gasteiger partial charge in [0.25, 0.3) is 0 Å². The highest BCUT2D eigenvalue weighted by atomic mass is 35.5. The maximum absolute atomic E-state index is 14.0. The molecule has 1 atom stereocenters. The minimum absolute atomic E-state index is 0.0306. The smallest absolute Gasteiger partial charge is 0.186 e. The van der Waals surface area contributed by atoms with Gasteiger partial charge in [-0.25, -0.2) is 12.8 Å². The lowest BCUT2D eigenvalue weighted by atomic mass is 10.1. The van der Waals surface area contributed by atoms with Crippen LogP contribution in [-0.4, -0.2) is 22.1 Å². The van der Waals surface area contributed by atoms with Crippen LogP contribution >= 0.6 is 11.6 Å². The average molecular weight is 344 g/mol. The number of nitrogens with two attached hydrogens (primary N) is 1. The van der Waals surface area contributed by atoms with Gasteiger partial charge in [0.05, 0.1) is 12.0 Å². The summed E-state index contributed by atoms with van der Waals surface area (Å²) in [7, 11) is -2.40. The third-order valence-electron chi connectivity index (χ3n) is 3.30. The van der Waals surface area contributed by atoms with E-state index in [-0.39, 0.29) is 22.0 Å². The molecule has 0 heterocycles. The summed E-state index contributed by atoms with van der Waals surface area (Å²) in [6, 6.07) is 9.83. The summed E-state index contributed by atoms with van der Waals surface area (Å²) in [4.78, 5) is 0.0306. The molecule has 0 saturated heterocycles. The molecule has 0 aliphatic heterocycles. The van der Waals surface area contributed by atoms with Crippen molar-refractivity contribution < 1.29 is 17.5 Å². The second kappa shape index (κ2) is 6.64. The van der Waals surface area contributed by atoms with Crippen molar-refractivity contribution in [2.45, 2.75) is 10.1 Å². The molecule has 0 amide bonds. The molecule has 4 nitrogen and oxygen atoms in total. The number of sulfone groups is 1. The molecule has 0 bridgehead atoms. The molecule has 0 radical (unpaired) electrons. The van der Waals surface area contributed by atoms with Crippen LogP contribution in [0.2, 0.25) is 5.02 Å². The highest BCUT2D eigenvalue weighted by Gasteiger charge is 2.31. The Labute approximate surface area is 133 Å². The van der Waals surface area contributed by atoms with Gasteiger partial charge in [-0.3, -0.25) is 0 Å². The van der Waals surface area contributed by atoms with Crippen LogP contribution in [0.1, 0.15) is 10.8 Å². The fourth-order valence-corrected chi connectivity index (χ4v) is 4.15. The van der Waals surface area contributed by atoms with Crippen LogP contribution in [-0.2, 0) is 9.84 Å². The number of rotatable bonds is 5. The van der Waals surface area contributed by atoms with Crippen molar-refractivity contribution >= 4 is 21.4 Å². The van der Waals surface area contributed by atoms with Crippen LogP contribution in [0.3, 0.4) is 0 Å². The molecule has 2 N–H and O–H groups in total. The van der Waals surface area contributed by atoms with Gasteiger partial charge < -0.3 is 10.5 Å². The van der Waals surface area contributed by atoms with Gasteiger partial charge in [0.15, 0.2) is 9.84 Å². The highest BCUT2D eigenvalue weighted by molar-refractivity contribution is 7.91. The summed E-state index contributed by atoms with van der Waals surface area (Å²) in [5.74, 6) is -0.174. The van der Waals surface area contributed by atoms with E-state index in [1.165, 1.54) is 43.5 Å². The minimum atomic E-state index is -3.88. The third kappa shape index (κ3) is 3.09. The van der Waals surface area contributed by atoms with Crippen molar-refractivity contribution in [3.05, 3.63) is 58.9 Å². The van der Waals surface area contributed by atoms with Crippen LogP contribution in [0, 0.1) is 5.82 Å². The Morgan fingerprint density at radius 1 is 1.23 bits per heavy atom. The highest BCUT2D eigenvalue weighted by Crippen LogP contribution is 2.34. The van der Waals surface area contributed by atoms with Crippen molar-refractivity contribution in [1.29, 1.82) is 0 Å². The van der Waals surface area contributed by atoms with Crippen molar-refractivity contribution in [1.82, 2.24) is 0 Å². The topological polar surface area (TPSA) is 69.4 Å². The Morgan fingerprint density at radius 3 is 2.36 bits per heavy atom. The Hall–Kier alpha value is -1.63. The first-order valence-electron chi connectivity index (χ1n) is 6.43. The molecular formula is C15H15ClFNO3S. The molecule has 2 rings (SSSR count). The fourth-order valence-electron chi connectivity index (χ4n) is 2.15. The van der Waals surface area contributed by atoms with Crippen LogP contribution in [0.4, 0.5) is 4.39 Å². The maximum atomic E-state index is 14.0. The number of hydrogen-bond acceptors (Lipinski definition) is 4. The van der Waals surface area contributed by atoms with Crippen LogP contribution in [0.15, 0.2) is 47.4 Å². The van der Waals surface area contributed by atoms with Crippen molar-refractivity contribution in [2.75, 3.05) is 13.7 Å². The lowest BCUT2D eigenvalue weighted by Crippen LogP contribution is -2.23. The SMILES string of the molecule is COc1ccc(S(=O)(=O)[C@H](CN)c2c(F)cccc2Cl)cc1. The zero-order chi connectivity index (χ0) is 16.3. The van der Waals surface area contributed by atoms with Gasteiger partial charge in [-0.05, 0) is 36.4 Å². The van der Waals surface area contributed by atoms with Crippen LogP contribution in [0.5, 0.6) is 5.75 Å². The van der Waals surface area contributed by atoms with Crippen molar-refractivity contribution in [3.63, 3.8) is 0 Å². The number of benzene rings is 2. The number of ether oxygens (including phenoxy) is 1. The average Bonchev–Trinajstić information content (AvgIpc) is 2.51. The van der Waals surface area contributed by atoms with Gasteiger partial charge in [0.1, 0.15) is 16.8 Å². The molecule has 7 heteroatoms. The van der Waals surface area contributed by atoms with E-state index in [2.05, 4.69) is 0 Å². The molecular weight excluding hydrogens is 329 g/mol. The molecule has 0 aliphatic rings. The quantitative estimate of drug-likeness (QED) is 0.906. The summed E-state index contributed by atoms with van der Waals surface area (Å²) < 4.78 is 44.5. The van der Waals surface area contributed by atoms with Gasteiger partial charge in [-0.2, -0.15) is 0 Å². The fraction of sp³-hybridized carbons (Fsp3) is 0.200. The van der Waals surface area contributed by atoms with Gasteiger partial charge in [-0.15, -0.1) is 0 Å². The zero-order valence-corrected chi connectivity index (χ0v) is 13.4. The van der Waals surface area contributed by atoms with Gasteiger partial charge in [0.2, 0.25) is 0 Å². The van der Waals surface area contributed by atoms with Gasteiger partial charge in [-0.1, -0.05) is 17.7 Å². The third-order valence-corrected chi connectivity index (χ3v) is 5.73. The Balaban J connectivity index is 2.53. The largest absolute Gasteiger partial charge is 0.497 e. The molecule has 2 aromatic rings. The van der Waals surface area contributed by atoms with E-state index in [1.54, 1.807) is 0 Å². The first-order valence-corrected chi connectivity index (χ1v) is 8.36. The Bertz CT molecular complexity index is 743. The molecule has 0 aliphatic carbocycles. The number of methoxy groups -OCH3 is 1. The predicted molar refractivity (Wildman–Crippen MR) is 83.4 cm³/mol. The maximum Gasteiger partial charge on any atom is 0.186 e. The molecule has 118 valence electrons. The molecule has 22 heavy (non-hydrogen) atoms. The summed E-state index contributed by atoms with van der Waals surface area (Å²) in [6.45, 7) is -0.283. The van der Waals surface area contributed by atoms with E-state index in [4.69, 9.17) is 22.1 Å². The van der Waals surface area contributed by atoms with Crippen molar-refractivity contribution in [2.24, 2.45) is 5.73 Å². The lowest BCUT2D eigenvalue weighted by molar-refractivity contribution is 0.414. The minimum Gasteiger partial charge on any atom is -0.497 e. The predicted octanol–water partition coefficient (Wildman–Crippen LogP) is 2.96. The lowest BCUT2D eigenvalue weighted by Gasteiger charge is -2.18. The summed E-state index contributed by atoms with van der Waals surface area (Å²) in [6.07, 6.45) is 0. The first kappa shape index (κ1) is 16.7. The van der Waals surface area contributed by atoms with E-state index < -0.39 is 20.9 Å². The van der Waals surface area contributed by atoms with E-state index in [0.717, 1.165) is 6.07 Å². The summed E-state index contributed by atoms with van der Waals surface area (Å²) >= 11 is 5.96. The molecule has 0 unspecified atom stereocenters. The number of halogens is 2. The normalized spacial score (nSPS) is 12.9. The second-order valence-corrected chi connectivity index (χ2v) is 7.12. The van der Waals surface area contributed by atoms with Crippen LogP contribution < -0.4 is 10.5 Å². The van der Waals surface area contributed by atoms with Crippen molar-refractivity contribution in [3.8, 4) is 5.75 Å². The Morgan fingerprint density at radius 2 is 1.86 bits per heavy atom. The molecule has 0 aromatic heterocycles. The van der Waals surface area contributed by atoms with E-state index in [9.17, 15) is 12.8 Å². The monoisotopic (exact) mass is 343 g/mol. The van der Waals surface area contributed by atoms with E-state index >= 15 is 0 Å². The van der Waals surface area contributed by atoms with Gasteiger partial charge in [0, 0.05) is 17.1 Å². The van der Waals surface area contributed by atoms with Gasteiger partial charge >= 0.3 is 0 Å².